The largest absolute Gasteiger partial charge is 0.345 e. The second-order valence-electron chi connectivity index (χ2n) is 4.49. The Hall–Kier alpha value is -1.46. The number of amides is 1. The Morgan fingerprint density at radius 3 is 2.24 bits per heavy atom. The maximum atomic E-state index is 13.7. The van der Waals surface area contributed by atoms with Crippen LogP contribution >= 0.6 is 27.5 Å². The molecule has 0 bridgehead atoms. The van der Waals surface area contributed by atoms with Crippen LogP contribution in [0.5, 0.6) is 0 Å². The Kier molecular flexibility index (Phi) is 4.96. The van der Waals surface area contributed by atoms with Gasteiger partial charge in [0, 0.05) is 9.50 Å². The van der Waals surface area contributed by atoms with Crippen LogP contribution in [0.1, 0.15) is 28.9 Å². The van der Waals surface area contributed by atoms with E-state index in [0.717, 1.165) is 17.7 Å². The molecule has 2 nitrogen and oxygen atoms in total. The zero-order valence-corrected chi connectivity index (χ0v) is 13.3. The average Bonchev–Trinajstić information content (AvgIpc) is 2.37. The number of nitrogens with one attached hydrogen (secondary N) is 1. The number of hydrogen-bond acceptors (Lipinski definition) is 1. The minimum Gasteiger partial charge on any atom is -0.345 e. The van der Waals surface area contributed by atoms with Crippen molar-refractivity contribution >= 4 is 33.4 Å². The summed E-state index contributed by atoms with van der Waals surface area (Å²) < 4.78 is 27.7. The van der Waals surface area contributed by atoms with E-state index in [1.807, 2.05) is 0 Å². The molecule has 0 aliphatic carbocycles. The lowest BCUT2D eigenvalue weighted by Gasteiger charge is -2.15. The summed E-state index contributed by atoms with van der Waals surface area (Å²) in [5.41, 5.74) is 0.185. The molecule has 0 aliphatic heterocycles. The van der Waals surface area contributed by atoms with Crippen LogP contribution in [0, 0.1) is 11.6 Å². The maximum absolute atomic E-state index is 13.7. The van der Waals surface area contributed by atoms with E-state index in [2.05, 4.69) is 21.2 Å². The first-order valence-electron chi connectivity index (χ1n) is 6.09. The van der Waals surface area contributed by atoms with Gasteiger partial charge in [-0.3, -0.25) is 4.79 Å². The van der Waals surface area contributed by atoms with Gasteiger partial charge in [-0.15, -0.1) is 0 Å². The second kappa shape index (κ2) is 6.54. The summed E-state index contributed by atoms with van der Waals surface area (Å²) >= 11 is 8.75. The standard InChI is InChI=1S/C15H11BrClF2NO/c1-8(9-2-4-11(17)5-3-9)20-15(21)14-12(18)6-10(16)7-13(14)19/h2-8H,1H3,(H,20,21). The van der Waals surface area contributed by atoms with Crippen molar-refractivity contribution in [3.63, 3.8) is 0 Å². The summed E-state index contributed by atoms with van der Waals surface area (Å²) in [6.07, 6.45) is 0. The zero-order chi connectivity index (χ0) is 15.6. The summed E-state index contributed by atoms with van der Waals surface area (Å²) in [7, 11) is 0. The van der Waals surface area contributed by atoms with Crippen molar-refractivity contribution in [3.05, 3.63) is 68.7 Å². The molecule has 2 rings (SSSR count). The average molecular weight is 375 g/mol. The molecule has 6 heteroatoms. The molecule has 1 atom stereocenters. The lowest BCUT2D eigenvalue weighted by atomic mass is 10.1. The molecule has 0 heterocycles. The molecule has 0 saturated carbocycles. The molecule has 1 amide bonds. The van der Waals surface area contributed by atoms with Crippen molar-refractivity contribution in [3.8, 4) is 0 Å². The van der Waals surface area contributed by atoms with Gasteiger partial charge in [0.1, 0.15) is 17.2 Å². The van der Waals surface area contributed by atoms with Crippen LogP contribution in [-0.2, 0) is 0 Å². The summed E-state index contributed by atoms with van der Waals surface area (Å²) in [6, 6.07) is 8.52. The highest BCUT2D eigenvalue weighted by atomic mass is 79.9. The third-order valence-corrected chi connectivity index (χ3v) is 3.66. The lowest BCUT2D eigenvalue weighted by molar-refractivity contribution is 0.0931. The Morgan fingerprint density at radius 1 is 1.19 bits per heavy atom. The predicted molar refractivity (Wildman–Crippen MR) is 81.4 cm³/mol. The van der Waals surface area contributed by atoms with E-state index in [0.29, 0.717) is 5.02 Å². The first-order valence-corrected chi connectivity index (χ1v) is 7.26. The van der Waals surface area contributed by atoms with Gasteiger partial charge in [0.15, 0.2) is 0 Å². The van der Waals surface area contributed by atoms with Gasteiger partial charge in [-0.2, -0.15) is 0 Å². The van der Waals surface area contributed by atoms with Crippen molar-refractivity contribution in [2.24, 2.45) is 0 Å². The molecule has 1 unspecified atom stereocenters. The van der Waals surface area contributed by atoms with Crippen LogP contribution in [0.2, 0.25) is 5.02 Å². The molecule has 2 aromatic rings. The predicted octanol–water partition coefficient (Wildman–Crippen LogP) is 4.87. The highest BCUT2D eigenvalue weighted by molar-refractivity contribution is 9.10. The number of carbonyl (C=O) groups excluding carboxylic acids is 1. The van der Waals surface area contributed by atoms with E-state index in [1.54, 1.807) is 31.2 Å². The van der Waals surface area contributed by atoms with Gasteiger partial charge in [0.05, 0.1) is 6.04 Å². The molecule has 110 valence electrons. The number of carbonyl (C=O) groups is 1. The van der Waals surface area contributed by atoms with E-state index < -0.39 is 29.1 Å². The monoisotopic (exact) mass is 373 g/mol. The van der Waals surface area contributed by atoms with Crippen LogP contribution in [0.15, 0.2) is 40.9 Å². The molecular formula is C15H11BrClF2NO. The van der Waals surface area contributed by atoms with Crippen LogP contribution in [0.3, 0.4) is 0 Å². The van der Waals surface area contributed by atoms with E-state index in [9.17, 15) is 13.6 Å². The summed E-state index contributed by atoms with van der Waals surface area (Å²) in [5.74, 6) is -2.63. The number of rotatable bonds is 3. The van der Waals surface area contributed by atoms with Crippen molar-refractivity contribution in [1.29, 1.82) is 0 Å². The van der Waals surface area contributed by atoms with E-state index in [-0.39, 0.29) is 4.47 Å². The Bertz CT molecular complexity index is 653. The van der Waals surface area contributed by atoms with Crippen molar-refractivity contribution in [2.45, 2.75) is 13.0 Å². The summed E-state index contributed by atoms with van der Waals surface area (Å²) in [4.78, 5) is 12.0. The minimum atomic E-state index is -0.914. The fourth-order valence-electron chi connectivity index (χ4n) is 1.86. The first kappa shape index (κ1) is 15.9. The lowest BCUT2D eigenvalue weighted by Crippen LogP contribution is -2.28. The normalized spacial score (nSPS) is 12.0. The van der Waals surface area contributed by atoms with E-state index >= 15 is 0 Å². The maximum Gasteiger partial charge on any atom is 0.257 e. The molecule has 0 aromatic heterocycles. The van der Waals surface area contributed by atoms with Crippen molar-refractivity contribution in [2.75, 3.05) is 0 Å². The third kappa shape index (κ3) is 3.80. The van der Waals surface area contributed by atoms with Gasteiger partial charge in [-0.1, -0.05) is 39.7 Å². The minimum absolute atomic E-state index is 0.236. The Labute approximate surface area is 134 Å². The smallest absolute Gasteiger partial charge is 0.257 e. The molecule has 0 saturated heterocycles. The van der Waals surface area contributed by atoms with Crippen molar-refractivity contribution in [1.82, 2.24) is 5.32 Å². The summed E-state index contributed by atoms with van der Waals surface area (Å²) in [5, 5.41) is 3.13. The molecule has 0 fully saturated rings. The van der Waals surface area contributed by atoms with Gasteiger partial charge >= 0.3 is 0 Å². The number of hydrogen-bond donors (Lipinski definition) is 1. The fraction of sp³-hybridized carbons (Fsp3) is 0.133. The highest BCUT2D eigenvalue weighted by Gasteiger charge is 2.20. The Balaban J connectivity index is 2.20. The molecule has 2 aromatic carbocycles. The fourth-order valence-corrected chi connectivity index (χ4v) is 2.39. The molecule has 1 N–H and O–H groups in total. The first-order chi connectivity index (χ1) is 9.88. The van der Waals surface area contributed by atoms with Gasteiger partial charge in [0.25, 0.3) is 5.91 Å². The van der Waals surface area contributed by atoms with Gasteiger partial charge in [-0.05, 0) is 36.8 Å². The van der Waals surface area contributed by atoms with Crippen LogP contribution in [0.25, 0.3) is 0 Å². The van der Waals surface area contributed by atoms with Crippen molar-refractivity contribution < 1.29 is 13.6 Å². The quantitative estimate of drug-likeness (QED) is 0.816. The molecular weight excluding hydrogens is 364 g/mol. The molecule has 21 heavy (non-hydrogen) atoms. The SMILES string of the molecule is CC(NC(=O)c1c(F)cc(Br)cc1F)c1ccc(Cl)cc1. The van der Waals surface area contributed by atoms with Crippen LogP contribution in [0.4, 0.5) is 8.78 Å². The highest BCUT2D eigenvalue weighted by Crippen LogP contribution is 2.21. The van der Waals surface area contributed by atoms with Gasteiger partial charge in [0.2, 0.25) is 0 Å². The molecule has 0 aliphatic rings. The third-order valence-electron chi connectivity index (χ3n) is 2.95. The molecule has 0 radical (unpaired) electrons. The number of benzene rings is 2. The van der Waals surface area contributed by atoms with E-state index in [4.69, 9.17) is 11.6 Å². The van der Waals surface area contributed by atoms with Crippen LogP contribution in [-0.4, -0.2) is 5.91 Å². The van der Waals surface area contributed by atoms with Gasteiger partial charge in [-0.25, -0.2) is 8.78 Å². The van der Waals surface area contributed by atoms with Crippen LogP contribution < -0.4 is 5.32 Å². The zero-order valence-electron chi connectivity index (χ0n) is 11.0. The molecule has 0 spiro atoms. The van der Waals surface area contributed by atoms with Gasteiger partial charge < -0.3 is 5.32 Å². The second-order valence-corrected chi connectivity index (χ2v) is 5.84. The van der Waals surface area contributed by atoms with E-state index in [1.165, 1.54) is 0 Å². The number of halogens is 4. The Morgan fingerprint density at radius 2 is 1.71 bits per heavy atom. The summed E-state index contributed by atoms with van der Waals surface area (Å²) in [6.45, 7) is 1.72. The topological polar surface area (TPSA) is 29.1 Å².